The third kappa shape index (κ3) is 5.08. The second kappa shape index (κ2) is 9.16. The fourth-order valence-electron chi connectivity index (χ4n) is 4.05. The highest BCUT2D eigenvalue weighted by Gasteiger charge is 2.22. The summed E-state index contributed by atoms with van der Waals surface area (Å²) in [4.78, 5) is 4.69. The van der Waals surface area contributed by atoms with Gasteiger partial charge in [0.15, 0.2) is 0 Å². The van der Waals surface area contributed by atoms with Gasteiger partial charge in [-0.15, -0.1) is 0 Å². The van der Waals surface area contributed by atoms with Crippen molar-refractivity contribution in [3.05, 3.63) is 107 Å². The van der Waals surface area contributed by atoms with Gasteiger partial charge in [-0.1, -0.05) is 84.9 Å². The summed E-state index contributed by atoms with van der Waals surface area (Å²) in [7, 11) is 0. The minimum Gasteiger partial charge on any atom is -0.390 e. The number of aliphatic hydroxyl groups excluding tert-OH is 1. The number of β-amino-alcohol motifs (C(OH)–C–C–N with tert-alkyl or cyclic N) is 1. The summed E-state index contributed by atoms with van der Waals surface area (Å²) in [5.74, 6) is 0. The third-order valence-corrected chi connectivity index (χ3v) is 5.34. The van der Waals surface area contributed by atoms with E-state index in [1.165, 1.54) is 22.3 Å². The summed E-state index contributed by atoms with van der Waals surface area (Å²) in [6.45, 7) is 4.92. The summed E-state index contributed by atoms with van der Waals surface area (Å²) < 4.78 is 0. The molecule has 0 fully saturated rings. The topological polar surface area (TPSA) is 26.7 Å². The lowest BCUT2D eigenvalue weighted by molar-refractivity contribution is 0.0673. The molecule has 4 rings (SSSR count). The average molecular weight is 373 g/mol. The van der Waals surface area contributed by atoms with Crippen LogP contribution in [0.1, 0.15) is 22.3 Å². The SMILES string of the molecule is OC(CN(Cc1ccccc1)Cc1ccccc1)CN1Cc2ccccc2C1. The molecule has 0 aromatic heterocycles. The first-order chi connectivity index (χ1) is 13.8. The Labute approximate surface area is 167 Å². The van der Waals surface area contributed by atoms with E-state index in [1.54, 1.807) is 0 Å². The molecule has 1 atom stereocenters. The van der Waals surface area contributed by atoms with Gasteiger partial charge in [0.25, 0.3) is 0 Å². The van der Waals surface area contributed by atoms with Crippen molar-refractivity contribution >= 4 is 0 Å². The van der Waals surface area contributed by atoms with Gasteiger partial charge in [-0.3, -0.25) is 9.80 Å². The number of benzene rings is 3. The molecule has 1 unspecified atom stereocenters. The van der Waals surface area contributed by atoms with Crippen LogP contribution in [0, 0.1) is 0 Å². The van der Waals surface area contributed by atoms with Gasteiger partial charge in [-0.2, -0.15) is 0 Å². The van der Waals surface area contributed by atoms with E-state index in [-0.39, 0.29) is 6.10 Å². The first kappa shape index (κ1) is 18.9. The largest absolute Gasteiger partial charge is 0.390 e. The number of hydrogen-bond donors (Lipinski definition) is 1. The predicted molar refractivity (Wildman–Crippen MR) is 114 cm³/mol. The Morgan fingerprint density at radius 2 is 1.18 bits per heavy atom. The summed E-state index contributed by atoms with van der Waals surface area (Å²) in [6.07, 6.45) is -0.373. The van der Waals surface area contributed by atoms with Crippen molar-refractivity contribution in [3.8, 4) is 0 Å². The summed E-state index contributed by atoms with van der Waals surface area (Å²) in [5.41, 5.74) is 5.33. The molecule has 1 aliphatic rings. The van der Waals surface area contributed by atoms with Crippen molar-refractivity contribution in [3.63, 3.8) is 0 Å². The van der Waals surface area contributed by atoms with E-state index in [2.05, 4.69) is 82.6 Å². The minimum absolute atomic E-state index is 0.373. The average Bonchev–Trinajstić information content (AvgIpc) is 3.11. The van der Waals surface area contributed by atoms with Gasteiger partial charge in [0, 0.05) is 39.3 Å². The van der Waals surface area contributed by atoms with Crippen LogP contribution in [-0.2, 0) is 26.2 Å². The van der Waals surface area contributed by atoms with Crippen molar-refractivity contribution in [2.75, 3.05) is 13.1 Å². The van der Waals surface area contributed by atoms with E-state index in [0.29, 0.717) is 13.1 Å². The van der Waals surface area contributed by atoms with Crippen LogP contribution in [0.5, 0.6) is 0 Å². The van der Waals surface area contributed by atoms with E-state index < -0.39 is 0 Å². The molecule has 3 aromatic carbocycles. The Hall–Kier alpha value is -2.46. The zero-order chi connectivity index (χ0) is 19.2. The quantitative estimate of drug-likeness (QED) is 0.646. The van der Waals surface area contributed by atoms with Gasteiger partial charge in [0.2, 0.25) is 0 Å². The highest BCUT2D eigenvalue weighted by atomic mass is 16.3. The van der Waals surface area contributed by atoms with Crippen molar-refractivity contribution in [2.45, 2.75) is 32.3 Å². The van der Waals surface area contributed by atoms with E-state index in [9.17, 15) is 5.11 Å². The molecule has 1 aliphatic heterocycles. The lowest BCUT2D eigenvalue weighted by Gasteiger charge is -2.27. The van der Waals surface area contributed by atoms with Crippen molar-refractivity contribution in [2.24, 2.45) is 0 Å². The fraction of sp³-hybridized carbons (Fsp3) is 0.280. The zero-order valence-corrected chi connectivity index (χ0v) is 16.2. The Kier molecular flexibility index (Phi) is 6.17. The number of hydrogen-bond acceptors (Lipinski definition) is 3. The van der Waals surface area contributed by atoms with Crippen LogP contribution in [0.4, 0.5) is 0 Å². The molecular weight excluding hydrogens is 344 g/mol. The van der Waals surface area contributed by atoms with Crippen molar-refractivity contribution in [1.82, 2.24) is 9.80 Å². The molecule has 0 amide bonds. The standard InChI is InChI=1S/C25H28N2O/c28-25(20-27-17-23-13-7-8-14-24(23)18-27)19-26(15-21-9-3-1-4-10-21)16-22-11-5-2-6-12-22/h1-14,25,28H,15-20H2. The molecule has 144 valence electrons. The lowest BCUT2D eigenvalue weighted by Crippen LogP contribution is -2.38. The highest BCUT2D eigenvalue weighted by Crippen LogP contribution is 2.22. The summed E-state index contributed by atoms with van der Waals surface area (Å²) in [6, 6.07) is 29.6. The highest BCUT2D eigenvalue weighted by molar-refractivity contribution is 5.30. The van der Waals surface area contributed by atoms with Crippen LogP contribution in [0.3, 0.4) is 0 Å². The number of nitrogens with zero attached hydrogens (tertiary/aromatic N) is 2. The molecule has 0 aliphatic carbocycles. The van der Waals surface area contributed by atoms with Gasteiger partial charge in [0.1, 0.15) is 0 Å². The van der Waals surface area contributed by atoms with Crippen LogP contribution < -0.4 is 0 Å². The summed E-state index contributed by atoms with van der Waals surface area (Å²) >= 11 is 0. The van der Waals surface area contributed by atoms with E-state index in [1.807, 2.05) is 12.1 Å². The monoisotopic (exact) mass is 372 g/mol. The minimum atomic E-state index is -0.373. The van der Waals surface area contributed by atoms with E-state index in [0.717, 1.165) is 26.2 Å². The van der Waals surface area contributed by atoms with Crippen LogP contribution in [0.25, 0.3) is 0 Å². The lowest BCUT2D eigenvalue weighted by atomic mass is 10.1. The van der Waals surface area contributed by atoms with Gasteiger partial charge < -0.3 is 5.11 Å². The number of rotatable bonds is 8. The van der Waals surface area contributed by atoms with Gasteiger partial charge in [0.05, 0.1) is 6.10 Å². The van der Waals surface area contributed by atoms with Gasteiger partial charge >= 0.3 is 0 Å². The molecule has 0 radical (unpaired) electrons. The normalized spacial score (nSPS) is 14.9. The van der Waals surface area contributed by atoms with Gasteiger partial charge in [-0.05, 0) is 22.3 Å². The van der Waals surface area contributed by atoms with E-state index >= 15 is 0 Å². The molecule has 0 bridgehead atoms. The van der Waals surface area contributed by atoms with Gasteiger partial charge in [-0.25, -0.2) is 0 Å². The third-order valence-electron chi connectivity index (χ3n) is 5.34. The molecule has 3 nitrogen and oxygen atoms in total. The molecule has 0 spiro atoms. The second-order valence-electron chi connectivity index (χ2n) is 7.73. The smallest absolute Gasteiger partial charge is 0.0794 e. The Balaban J connectivity index is 1.38. The van der Waals surface area contributed by atoms with E-state index in [4.69, 9.17) is 0 Å². The summed E-state index contributed by atoms with van der Waals surface area (Å²) in [5, 5.41) is 10.8. The number of aliphatic hydroxyl groups is 1. The molecule has 1 N–H and O–H groups in total. The molecule has 0 saturated heterocycles. The maximum absolute atomic E-state index is 10.8. The molecular formula is C25H28N2O. The molecule has 1 heterocycles. The Morgan fingerprint density at radius 3 is 1.68 bits per heavy atom. The zero-order valence-electron chi connectivity index (χ0n) is 16.2. The predicted octanol–water partition coefficient (Wildman–Crippen LogP) is 4.07. The Morgan fingerprint density at radius 1 is 0.714 bits per heavy atom. The van der Waals surface area contributed by atoms with Crippen LogP contribution >= 0.6 is 0 Å². The van der Waals surface area contributed by atoms with Crippen molar-refractivity contribution < 1.29 is 5.11 Å². The maximum atomic E-state index is 10.8. The van der Waals surface area contributed by atoms with Crippen molar-refractivity contribution in [1.29, 1.82) is 0 Å². The second-order valence-corrected chi connectivity index (χ2v) is 7.73. The maximum Gasteiger partial charge on any atom is 0.0794 e. The first-order valence-corrected chi connectivity index (χ1v) is 10.0. The van der Waals surface area contributed by atoms with Crippen LogP contribution in [0.15, 0.2) is 84.9 Å². The molecule has 3 aromatic rings. The number of fused-ring (bicyclic) bond motifs is 1. The van der Waals surface area contributed by atoms with Crippen LogP contribution in [0.2, 0.25) is 0 Å². The molecule has 0 saturated carbocycles. The Bertz CT molecular complexity index is 799. The molecule has 28 heavy (non-hydrogen) atoms. The first-order valence-electron chi connectivity index (χ1n) is 10.0. The fourth-order valence-corrected chi connectivity index (χ4v) is 4.05. The van der Waals surface area contributed by atoms with Crippen LogP contribution in [-0.4, -0.2) is 34.1 Å². The molecule has 3 heteroatoms.